The van der Waals surface area contributed by atoms with Crippen LogP contribution in [-0.4, -0.2) is 11.5 Å². The molecule has 40 valence electrons. The minimum Gasteiger partial charge on any atom is -0.132 e. The quantitative estimate of drug-likeness (QED) is 0.482. The van der Waals surface area contributed by atoms with Gasteiger partial charge in [-0.25, -0.2) is 0 Å². The van der Waals surface area contributed by atoms with Gasteiger partial charge in [-0.05, 0) is 5.22 Å². The standard InChI is InChI=1S/C4H3N3S/c1-3-4(2-8-1)6-7-5-3/h1H,2H2. The van der Waals surface area contributed by atoms with E-state index in [9.17, 15) is 0 Å². The Balaban J connectivity index is 2.49. The molecule has 0 aliphatic carbocycles. The lowest BCUT2D eigenvalue weighted by Gasteiger charge is -1.79. The average Bonchev–Trinajstić information content (AvgIpc) is 2.15. The summed E-state index contributed by atoms with van der Waals surface area (Å²) >= 11 is 1.72. The predicted molar refractivity (Wildman–Crippen MR) is 32.8 cm³/mol. The first-order valence-corrected chi connectivity index (χ1v) is 3.31. The van der Waals surface area contributed by atoms with Crippen LogP contribution in [-0.2, 0) is 0 Å². The molecule has 0 radical (unpaired) electrons. The first-order chi connectivity index (χ1) is 3.97. The van der Waals surface area contributed by atoms with E-state index in [2.05, 4.69) is 15.4 Å². The minimum atomic E-state index is 0.947. The summed E-state index contributed by atoms with van der Waals surface area (Å²) in [5, 5.41) is 13.0. The van der Waals surface area contributed by atoms with E-state index in [1.54, 1.807) is 11.8 Å². The molecule has 0 fully saturated rings. The zero-order valence-corrected chi connectivity index (χ0v) is 4.85. The number of rotatable bonds is 0. The van der Waals surface area contributed by atoms with Crippen molar-refractivity contribution in [2.45, 2.75) is 0 Å². The Bertz CT molecular complexity index is 203. The van der Waals surface area contributed by atoms with Crippen LogP contribution in [0.15, 0.2) is 26.5 Å². The van der Waals surface area contributed by atoms with Crippen LogP contribution in [0.5, 0.6) is 0 Å². The van der Waals surface area contributed by atoms with Gasteiger partial charge in [0.05, 0.1) is 0 Å². The van der Waals surface area contributed by atoms with Gasteiger partial charge in [0.1, 0.15) is 11.4 Å². The molecule has 2 aliphatic heterocycles. The number of thioether (sulfide) groups is 1. The lowest BCUT2D eigenvalue weighted by atomic mass is 10.4. The molecule has 0 bridgehead atoms. The number of hydrogen-bond acceptors (Lipinski definition) is 4. The summed E-state index contributed by atoms with van der Waals surface area (Å²) in [5.41, 5.74) is 1.98. The van der Waals surface area contributed by atoms with Gasteiger partial charge in [0.15, 0.2) is 0 Å². The summed E-state index contributed by atoms with van der Waals surface area (Å²) in [6.45, 7) is 0. The molecule has 0 atom stereocenters. The maximum Gasteiger partial charge on any atom is 0.118 e. The van der Waals surface area contributed by atoms with Crippen molar-refractivity contribution in [1.82, 2.24) is 0 Å². The van der Waals surface area contributed by atoms with Gasteiger partial charge >= 0.3 is 0 Å². The number of nitrogens with zero attached hydrogens (tertiary/aromatic N) is 3. The van der Waals surface area contributed by atoms with Crippen LogP contribution in [0.4, 0.5) is 0 Å². The first-order valence-electron chi connectivity index (χ1n) is 2.26. The van der Waals surface area contributed by atoms with Crippen molar-refractivity contribution >= 4 is 17.5 Å². The largest absolute Gasteiger partial charge is 0.132 e. The molecule has 0 saturated carbocycles. The average molecular weight is 125 g/mol. The van der Waals surface area contributed by atoms with Crippen molar-refractivity contribution < 1.29 is 0 Å². The van der Waals surface area contributed by atoms with Gasteiger partial charge in [0, 0.05) is 11.2 Å². The molecular formula is C4H3N3S. The molecule has 0 aromatic heterocycles. The third-order valence-corrected chi connectivity index (χ3v) is 1.86. The van der Waals surface area contributed by atoms with E-state index in [1.165, 1.54) is 0 Å². The summed E-state index contributed by atoms with van der Waals surface area (Å²) in [4.78, 5) is 0. The molecule has 0 saturated heterocycles. The molecule has 0 N–H and O–H groups in total. The van der Waals surface area contributed by atoms with E-state index in [1.807, 2.05) is 5.41 Å². The molecule has 0 amide bonds. The molecule has 0 aromatic carbocycles. The van der Waals surface area contributed by atoms with E-state index >= 15 is 0 Å². The first kappa shape index (κ1) is 4.26. The van der Waals surface area contributed by atoms with Gasteiger partial charge in [0.25, 0.3) is 0 Å². The molecule has 2 aliphatic rings. The fourth-order valence-corrected chi connectivity index (χ4v) is 1.42. The van der Waals surface area contributed by atoms with Crippen LogP contribution >= 0.6 is 11.8 Å². The molecule has 4 heteroatoms. The predicted octanol–water partition coefficient (Wildman–Crippen LogP) is 1.40. The molecule has 0 unspecified atom stereocenters. The van der Waals surface area contributed by atoms with E-state index in [0.29, 0.717) is 0 Å². The van der Waals surface area contributed by atoms with E-state index < -0.39 is 0 Å². The maximum atomic E-state index is 3.78. The molecule has 2 rings (SSSR count). The highest BCUT2D eigenvalue weighted by Crippen LogP contribution is 2.24. The summed E-state index contributed by atoms with van der Waals surface area (Å²) in [5.74, 6) is 0.947. The summed E-state index contributed by atoms with van der Waals surface area (Å²) in [7, 11) is 0. The van der Waals surface area contributed by atoms with Gasteiger partial charge in [-0.3, -0.25) is 0 Å². The van der Waals surface area contributed by atoms with E-state index in [-0.39, 0.29) is 0 Å². The lowest BCUT2D eigenvalue weighted by molar-refractivity contribution is 1.10. The Morgan fingerprint density at radius 3 is 3.50 bits per heavy atom. The van der Waals surface area contributed by atoms with Crippen LogP contribution in [0.2, 0.25) is 0 Å². The van der Waals surface area contributed by atoms with Crippen molar-refractivity contribution in [3.05, 3.63) is 11.1 Å². The second-order valence-electron chi connectivity index (χ2n) is 1.55. The molecule has 8 heavy (non-hydrogen) atoms. The topological polar surface area (TPSA) is 37.1 Å². The highest BCUT2D eigenvalue weighted by Gasteiger charge is 2.16. The SMILES string of the molecule is C1=C2N=NN=C2CS1. The molecule has 3 nitrogen and oxygen atoms in total. The Hall–Kier alpha value is -0.640. The normalized spacial score (nSPS) is 23.0. The monoisotopic (exact) mass is 125 g/mol. The van der Waals surface area contributed by atoms with Crippen molar-refractivity contribution in [1.29, 1.82) is 0 Å². The third-order valence-electron chi connectivity index (χ3n) is 1.03. The molecule has 0 spiro atoms. The Morgan fingerprint density at radius 1 is 1.62 bits per heavy atom. The number of hydrogen-bond donors (Lipinski definition) is 0. The third kappa shape index (κ3) is 0.432. The minimum absolute atomic E-state index is 0.947. The second-order valence-corrected chi connectivity index (χ2v) is 2.41. The van der Waals surface area contributed by atoms with Gasteiger partial charge < -0.3 is 0 Å². The molecular weight excluding hydrogens is 122 g/mol. The highest BCUT2D eigenvalue weighted by atomic mass is 32.2. The van der Waals surface area contributed by atoms with Crippen LogP contribution in [0.1, 0.15) is 0 Å². The number of allylic oxidation sites excluding steroid dienone is 1. The van der Waals surface area contributed by atoms with Gasteiger partial charge in [0.2, 0.25) is 0 Å². The smallest absolute Gasteiger partial charge is 0.118 e. The summed E-state index contributed by atoms with van der Waals surface area (Å²) in [6.07, 6.45) is 0. The zero-order chi connectivity index (χ0) is 5.40. The van der Waals surface area contributed by atoms with Crippen molar-refractivity contribution in [3.8, 4) is 0 Å². The van der Waals surface area contributed by atoms with Gasteiger partial charge in [-0.1, -0.05) is 0 Å². The van der Waals surface area contributed by atoms with Crippen LogP contribution in [0, 0.1) is 0 Å². The Morgan fingerprint density at radius 2 is 2.62 bits per heavy atom. The van der Waals surface area contributed by atoms with Gasteiger partial charge in [-0.15, -0.1) is 22.0 Å². The fourth-order valence-electron chi connectivity index (χ4n) is 0.627. The zero-order valence-electron chi connectivity index (χ0n) is 4.03. The van der Waals surface area contributed by atoms with Crippen molar-refractivity contribution in [3.63, 3.8) is 0 Å². The van der Waals surface area contributed by atoms with E-state index in [0.717, 1.165) is 17.2 Å². The van der Waals surface area contributed by atoms with Crippen LogP contribution in [0.3, 0.4) is 0 Å². The Kier molecular flexibility index (Phi) is 0.754. The molecule has 2 heterocycles. The number of fused-ring (bicyclic) bond motifs is 1. The summed E-state index contributed by atoms with van der Waals surface area (Å²) < 4.78 is 0. The van der Waals surface area contributed by atoms with Gasteiger partial charge in [-0.2, -0.15) is 0 Å². The van der Waals surface area contributed by atoms with Crippen LogP contribution in [0.25, 0.3) is 0 Å². The Labute approximate surface area is 50.6 Å². The summed E-state index contributed by atoms with van der Waals surface area (Å²) in [6, 6.07) is 0. The van der Waals surface area contributed by atoms with E-state index in [4.69, 9.17) is 0 Å². The highest BCUT2D eigenvalue weighted by molar-refractivity contribution is 8.03. The van der Waals surface area contributed by atoms with Crippen LogP contribution < -0.4 is 0 Å². The second kappa shape index (κ2) is 1.42. The fraction of sp³-hybridized carbons (Fsp3) is 0.250. The maximum absolute atomic E-state index is 3.78. The van der Waals surface area contributed by atoms with Crippen molar-refractivity contribution in [2.75, 3.05) is 5.75 Å². The molecule has 0 aromatic rings. The lowest BCUT2D eigenvalue weighted by Crippen LogP contribution is -1.92. The van der Waals surface area contributed by atoms with Crippen molar-refractivity contribution in [2.24, 2.45) is 15.4 Å².